The molecule has 0 radical (unpaired) electrons. The molecule has 3 rings (SSSR count). The van der Waals surface area contributed by atoms with Gasteiger partial charge in [0.1, 0.15) is 11.9 Å². The highest BCUT2D eigenvalue weighted by Gasteiger charge is 2.46. The van der Waals surface area contributed by atoms with Crippen LogP contribution in [0.3, 0.4) is 0 Å². The Morgan fingerprint density at radius 3 is 2.38 bits per heavy atom. The summed E-state index contributed by atoms with van der Waals surface area (Å²) < 4.78 is 13.2. The number of anilines is 2. The highest BCUT2D eigenvalue weighted by Crippen LogP contribution is 2.27. The Balaban J connectivity index is 1.77. The fraction of sp³-hybridized carbons (Fsp3) is 0.227. The number of halogens is 1. The van der Waals surface area contributed by atoms with Crippen molar-refractivity contribution >= 4 is 29.2 Å². The van der Waals surface area contributed by atoms with Crippen LogP contribution >= 0.6 is 0 Å². The summed E-state index contributed by atoms with van der Waals surface area (Å²) in [6.45, 7) is 5.77. The van der Waals surface area contributed by atoms with Gasteiger partial charge in [-0.1, -0.05) is 25.1 Å². The van der Waals surface area contributed by atoms with Gasteiger partial charge in [-0.25, -0.2) is 14.1 Å². The zero-order valence-corrected chi connectivity index (χ0v) is 16.1. The van der Waals surface area contributed by atoms with E-state index in [9.17, 15) is 18.8 Å². The third-order valence-corrected chi connectivity index (χ3v) is 4.75. The van der Waals surface area contributed by atoms with Crippen LogP contribution in [0.4, 0.5) is 20.6 Å². The molecule has 150 valence electrons. The molecular formula is C22H22FN3O3. The molecule has 1 N–H and O–H groups in total. The Morgan fingerprint density at radius 1 is 1.14 bits per heavy atom. The van der Waals surface area contributed by atoms with Crippen LogP contribution < -0.4 is 10.2 Å². The normalized spacial score (nSPS) is 16.3. The predicted molar refractivity (Wildman–Crippen MR) is 109 cm³/mol. The van der Waals surface area contributed by atoms with Crippen LogP contribution in [0.2, 0.25) is 0 Å². The number of benzene rings is 2. The van der Waals surface area contributed by atoms with Gasteiger partial charge in [-0.2, -0.15) is 0 Å². The highest BCUT2D eigenvalue weighted by molar-refractivity contribution is 6.22. The van der Waals surface area contributed by atoms with E-state index in [4.69, 9.17) is 0 Å². The van der Waals surface area contributed by atoms with Crippen molar-refractivity contribution in [2.24, 2.45) is 0 Å². The Kier molecular flexibility index (Phi) is 6.07. The second-order valence-corrected chi connectivity index (χ2v) is 6.69. The molecule has 1 atom stereocenters. The number of hydrogen-bond acceptors (Lipinski definition) is 3. The van der Waals surface area contributed by atoms with Gasteiger partial charge in [0.15, 0.2) is 0 Å². The lowest BCUT2D eigenvalue weighted by atomic mass is 10.1. The number of amides is 4. The summed E-state index contributed by atoms with van der Waals surface area (Å²) in [5.41, 5.74) is 2.02. The number of carbonyl (C=O) groups excluding carboxylic acids is 3. The van der Waals surface area contributed by atoms with Crippen molar-refractivity contribution in [3.05, 3.63) is 72.6 Å². The second-order valence-electron chi connectivity index (χ2n) is 6.69. The number of hydrogen-bond donors (Lipinski definition) is 1. The molecule has 0 bridgehead atoms. The van der Waals surface area contributed by atoms with Gasteiger partial charge in [-0.05, 0) is 48.4 Å². The number of urea groups is 1. The quantitative estimate of drug-likeness (QED) is 0.574. The molecule has 1 saturated heterocycles. The molecule has 0 saturated carbocycles. The van der Waals surface area contributed by atoms with E-state index in [1.54, 1.807) is 12.1 Å². The van der Waals surface area contributed by atoms with E-state index in [0.29, 0.717) is 5.69 Å². The molecule has 1 heterocycles. The first kappa shape index (κ1) is 20.3. The van der Waals surface area contributed by atoms with E-state index >= 15 is 0 Å². The number of nitrogens with zero attached hydrogens (tertiary/aromatic N) is 2. The highest BCUT2D eigenvalue weighted by atomic mass is 19.1. The fourth-order valence-electron chi connectivity index (χ4n) is 3.22. The average molecular weight is 395 g/mol. The molecule has 1 unspecified atom stereocenters. The van der Waals surface area contributed by atoms with Crippen molar-refractivity contribution in [3.63, 3.8) is 0 Å². The van der Waals surface area contributed by atoms with Crippen LogP contribution in [-0.2, 0) is 16.0 Å². The standard InChI is InChI=1S/C22H22FN3O3/c1-3-13-25-19(14-20(27)24-17-9-5-15(4-2)6-10-17)21(28)26(22(25)29)18-11-7-16(23)8-12-18/h3,5-12,19H,1,4,13-14H2,2H3,(H,24,27). The maximum atomic E-state index is 13.2. The van der Waals surface area contributed by atoms with Gasteiger partial charge in [0.05, 0.1) is 12.1 Å². The molecule has 0 aliphatic carbocycles. The molecule has 1 fully saturated rings. The van der Waals surface area contributed by atoms with Crippen molar-refractivity contribution in [2.45, 2.75) is 25.8 Å². The Morgan fingerprint density at radius 2 is 1.79 bits per heavy atom. The first-order valence-electron chi connectivity index (χ1n) is 9.34. The van der Waals surface area contributed by atoms with Crippen molar-refractivity contribution in [1.82, 2.24) is 4.90 Å². The molecule has 1 aliphatic heterocycles. The maximum absolute atomic E-state index is 13.2. The van der Waals surface area contributed by atoms with Gasteiger partial charge < -0.3 is 10.2 Å². The van der Waals surface area contributed by atoms with Crippen molar-refractivity contribution in [1.29, 1.82) is 0 Å². The summed E-state index contributed by atoms with van der Waals surface area (Å²) in [7, 11) is 0. The zero-order valence-electron chi connectivity index (χ0n) is 16.1. The monoisotopic (exact) mass is 395 g/mol. The van der Waals surface area contributed by atoms with Gasteiger partial charge in [0.25, 0.3) is 5.91 Å². The van der Waals surface area contributed by atoms with Crippen LogP contribution in [0, 0.1) is 5.82 Å². The smallest absolute Gasteiger partial charge is 0.326 e. The molecule has 1 aliphatic rings. The number of nitrogens with one attached hydrogen (secondary N) is 1. The topological polar surface area (TPSA) is 69.7 Å². The van der Waals surface area contributed by atoms with Crippen LogP contribution in [0.1, 0.15) is 18.9 Å². The first-order chi connectivity index (χ1) is 13.9. The molecule has 0 aromatic heterocycles. The third kappa shape index (κ3) is 4.34. The summed E-state index contributed by atoms with van der Waals surface area (Å²) >= 11 is 0. The molecule has 6 nitrogen and oxygen atoms in total. The van der Waals surface area contributed by atoms with E-state index in [-0.39, 0.29) is 24.6 Å². The van der Waals surface area contributed by atoms with Gasteiger partial charge in [-0.15, -0.1) is 6.58 Å². The van der Waals surface area contributed by atoms with Gasteiger partial charge in [0.2, 0.25) is 5.91 Å². The average Bonchev–Trinajstić information content (AvgIpc) is 2.94. The summed E-state index contributed by atoms with van der Waals surface area (Å²) in [5, 5.41) is 2.76. The minimum absolute atomic E-state index is 0.116. The molecule has 4 amide bonds. The van der Waals surface area contributed by atoms with E-state index in [1.807, 2.05) is 19.1 Å². The summed E-state index contributed by atoms with van der Waals surface area (Å²) in [6.07, 6.45) is 2.20. The first-order valence-corrected chi connectivity index (χ1v) is 9.34. The van der Waals surface area contributed by atoms with Crippen LogP contribution in [0.15, 0.2) is 61.2 Å². The summed E-state index contributed by atoms with van der Waals surface area (Å²) in [4.78, 5) is 40.5. The lowest BCUT2D eigenvalue weighted by molar-refractivity contribution is -0.124. The largest absolute Gasteiger partial charge is 0.332 e. The van der Waals surface area contributed by atoms with Crippen molar-refractivity contribution in [3.8, 4) is 0 Å². The van der Waals surface area contributed by atoms with E-state index in [0.717, 1.165) is 16.9 Å². The van der Waals surface area contributed by atoms with Crippen molar-refractivity contribution in [2.75, 3.05) is 16.8 Å². The van der Waals surface area contributed by atoms with Crippen LogP contribution in [-0.4, -0.2) is 35.3 Å². The van der Waals surface area contributed by atoms with Gasteiger partial charge in [0, 0.05) is 12.2 Å². The molecule has 2 aromatic carbocycles. The summed E-state index contributed by atoms with van der Waals surface area (Å²) in [6, 6.07) is 11.0. The molecule has 29 heavy (non-hydrogen) atoms. The van der Waals surface area contributed by atoms with E-state index in [1.165, 1.54) is 35.2 Å². The summed E-state index contributed by atoms with van der Waals surface area (Å²) in [5.74, 6) is -1.38. The molecule has 2 aromatic rings. The third-order valence-electron chi connectivity index (χ3n) is 4.75. The van der Waals surface area contributed by atoms with Crippen molar-refractivity contribution < 1.29 is 18.8 Å². The Hall–Kier alpha value is -3.48. The SMILES string of the molecule is C=CCN1C(=O)N(c2ccc(F)cc2)C(=O)C1CC(=O)Nc1ccc(CC)cc1. The minimum Gasteiger partial charge on any atom is -0.326 e. The molecule has 0 spiro atoms. The number of imide groups is 1. The predicted octanol–water partition coefficient (Wildman–Crippen LogP) is 3.74. The van der Waals surface area contributed by atoms with Gasteiger partial charge in [-0.3, -0.25) is 9.59 Å². The molecular weight excluding hydrogens is 373 g/mol. The number of carbonyl (C=O) groups is 3. The van der Waals surface area contributed by atoms with E-state index < -0.39 is 23.8 Å². The zero-order chi connectivity index (χ0) is 21.0. The second kappa shape index (κ2) is 8.68. The molecule has 7 heteroatoms. The fourth-order valence-corrected chi connectivity index (χ4v) is 3.22. The van der Waals surface area contributed by atoms with Gasteiger partial charge >= 0.3 is 6.03 Å². The minimum atomic E-state index is -0.958. The lowest BCUT2D eigenvalue weighted by Gasteiger charge is -2.19. The number of aryl methyl sites for hydroxylation is 1. The lowest BCUT2D eigenvalue weighted by Crippen LogP contribution is -2.38. The number of rotatable bonds is 7. The van der Waals surface area contributed by atoms with Crippen LogP contribution in [0.25, 0.3) is 0 Å². The van der Waals surface area contributed by atoms with Crippen LogP contribution in [0.5, 0.6) is 0 Å². The Labute approximate surface area is 168 Å². The Bertz CT molecular complexity index is 925. The van der Waals surface area contributed by atoms with E-state index in [2.05, 4.69) is 11.9 Å². The maximum Gasteiger partial charge on any atom is 0.332 e.